The van der Waals surface area contributed by atoms with Crippen molar-refractivity contribution >= 4 is 30.4 Å². The molecule has 1 heterocycles. The summed E-state index contributed by atoms with van der Waals surface area (Å²) in [4.78, 5) is 64.9. The minimum atomic E-state index is -0.579. The second kappa shape index (κ2) is 28.4. The average molecular weight is 854 g/mol. The maximum Gasteiger partial charge on any atom is 0.242 e. The highest BCUT2D eigenvalue weighted by atomic mass is 19.1. The maximum atomic E-state index is 14.6. The predicted molar refractivity (Wildman–Crippen MR) is 237 cm³/mol. The van der Waals surface area contributed by atoms with E-state index in [2.05, 4.69) is 30.2 Å². The molecule has 0 aromatic heterocycles. The third kappa shape index (κ3) is 18.4. The number of amides is 4. The summed E-state index contributed by atoms with van der Waals surface area (Å²) in [6.45, 7) is 20.7. The maximum absolute atomic E-state index is 14.6. The first-order chi connectivity index (χ1) is 28.2. The Balaban J connectivity index is 0.00000255. The molecule has 1 aliphatic heterocycles. The van der Waals surface area contributed by atoms with E-state index in [0.717, 1.165) is 32.0 Å². The van der Waals surface area contributed by atoms with Gasteiger partial charge in [-0.2, -0.15) is 0 Å². The van der Waals surface area contributed by atoms with Gasteiger partial charge in [0.1, 0.15) is 12.1 Å². The van der Waals surface area contributed by atoms with Crippen LogP contribution in [0.3, 0.4) is 0 Å². The minimum absolute atomic E-state index is 0.0152. The van der Waals surface area contributed by atoms with Crippen LogP contribution in [0.2, 0.25) is 0 Å². The van der Waals surface area contributed by atoms with Gasteiger partial charge in [-0.15, -0.1) is 0 Å². The number of nitrogens with one attached hydrogen (secondary N) is 2. The van der Waals surface area contributed by atoms with Gasteiger partial charge in [0.15, 0.2) is 0 Å². The molecular formula is C46H84FN5O8. The lowest BCUT2D eigenvalue weighted by molar-refractivity contribution is -0.145. The normalized spacial score (nSPS) is 21.1. The number of halogens is 1. The Bertz CT molecular complexity index is 1350. The van der Waals surface area contributed by atoms with E-state index in [1.807, 2.05) is 66.4 Å². The fourth-order valence-electron chi connectivity index (χ4n) is 7.95. The van der Waals surface area contributed by atoms with Crippen LogP contribution in [0.25, 0.3) is 0 Å². The molecule has 1 saturated heterocycles. The lowest BCUT2D eigenvalue weighted by Gasteiger charge is -2.40. The molecule has 3 aliphatic rings. The summed E-state index contributed by atoms with van der Waals surface area (Å²) in [7, 11) is 8.33. The molecule has 13 nitrogen and oxygen atoms in total. The van der Waals surface area contributed by atoms with Crippen LogP contribution in [-0.2, 0) is 38.2 Å². The summed E-state index contributed by atoms with van der Waals surface area (Å²) in [5.41, 5.74) is 4.27. The number of likely N-dealkylation sites (N-methyl/N-ethyl adjacent to an activating group) is 2. The number of nitrogens with two attached hydrogens (primary N) is 1. The molecule has 14 heteroatoms. The Morgan fingerprint density at radius 2 is 1.63 bits per heavy atom. The van der Waals surface area contributed by atoms with Crippen molar-refractivity contribution < 1.29 is 42.6 Å². The minimum Gasteiger partial charge on any atom is -0.379 e. The SMILES string of the molecule is CCC.CCC(C)C(C(CC(=O)N1CC2(CC2)CC1C(OC)C(C)C(C=O)CC1CC=CC=C1F)OC)N(C)C(=O)CNC(=O)C(NC)C(C)C.COC(C)(C)C.NC=O. The van der Waals surface area contributed by atoms with Crippen molar-refractivity contribution in [3.63, 3.8) is 0 Å². The summed E-state index contributed by atoms with van der Waals surface area (Å²) in [5, 5.41) is 5.77. The second-order valence-electron chi connectivity index (χ2n) is 18.0. The number of carbonyl (C=O) groups excluding carboxylic acids is 5. The van der Waals surface area contributed by atoms with E-state index in [0.29, 0.717) is 19.4 Å². The van der Waals surface area contributed by atoms with Crippen LogP contribution in [0.5, 0.6) is 0 Å². The highest BCUT2D eigenvalue weighted by Crippen LogP contribution is 2.56. The molecule has 0 radical (unpaired) electrons. The molecule has 1 spiro atoms. The summed E-state index contributed by atoms with van der Waals surface area (Å²) < 4.78 is 31.6. The van der Waals surface area contributed by atoms with Crippen LogP contribution in [-0.4, -0.2) is 125 Å². The molecule has 2 fully saturated rings. The molecule has 0 bridgehead atoms. The Kier molecular flexibility index (Phi) is 26.9. The lowest BCUT2D eigenvalue weighted by atomic mass is 9.78. The van der Waals surface area contributed by atoms with Gasteiger partial charge in [0.2, 0.25) is 24.1 Å². The summed E-state index contributed by atoms with van der Waals surface area (Å²) in [6.07, 6.45) is 11.2. The molecule has 3 rings (SSSR count). The molecule has 2 aliphatic carbocycles. The second-order valence-corrected chi connectivity index (χ2v) is 18.0. The molecule has 9 atom stereocenters. The van der Waals surface area contributed by atoms with Crippen molar-refractivity contribution in [2.45, 2.75) is 157 Å². The number of methoxy groups -OCH3 is 3. The van der Waals surface area contributed by atoms with Crippen LogP contribution in [0.1, 0.15) is 121 Å². The van der Waals surface area contributed by atoms with Crippen molar-refractivity contribution in [3.05, 3.63) is 24.1 Å². The van der Waals surface area contributed by atoms with Gasteiger partial charge in [-0.3, -0.25) is 19.2 Å². The van der Waals surface area contributed by atoms with E-state index in [9.17, 15) is 23.6 Å². The molecule has 1 saturated carbocycles. The number of hydrogen-bond acceptors (Lipinski definition) is 9. The molecule has 4 amide bonds. The van der Waals surface area contributed by atoms with Crippen molar-refractivity contribution in [1.29, 1.82) is 0 Å². The Hall–Kier alpha value is -3.20. The van der Waals surface area contributed by atoms with Crippen molar-refractivity contribution in [2.24, 2.45) is 40.7 Å². The van der Waals surface area contributed by atoms with Gasteiger partial charge in [-0.25, -0.2) is 4.39 Å². The van der Waals surface area contributed by atoms with Crippen LogP contribution < -0.4 is 16.4 Å². The highest BCUT2D eigenvalue weighted by molar-refractivity contribution is 5.87. The molecule has 60 heavy (non-hydrogen) atoms. The highest BCUT2D eigenvalue weighted by Gasteiger charge is 2.56. The monoisotopic (exact) mass is 854 g/mol. The third-order valence-electron chi connectivity index (χ3n) is 12.0. The number of likely N-dealkylation sites (tertiary alicyclic amines) is 1. The van der Waals surface area contributed by atoms with Gasteiger partial charge in [-0.05, 0) is 89.2 Å². The van der Waals surface area contributed by atoms with Gasteiger partial charge < -0.3 is 45.2 Å². The first-order valence-electron chi connectivity index (χ1n) is 21.9. The van der Waals surface area contributed by atoms with Crippen LogP contribution in [0.15, 0.2) is 24.1 Å². The number of carbonyl (C=O) groups is 5. The van der Waals surface area contributed by atoms with Gasteiger partial charge >= 0.3 is 0 Å². The van der Waals surface area contributed by atoms with Crippen LogP contribution in [0, 0.1) is 35.0 Å². The van der Waals surface area contributed by atoms with Gasteiger partial charge in [0.25, 0.3) is 0 Å². The smallest absolute Gasteiger partial charge is 0.242 e. The molecule has 0 aromatic carbocycles. The Labute approximate surface area is 362 Å². The topological polar surface area (TPSA) is 170 Å². The zero-order valence-corrected chi connectivity index (χ0v) is 39.8. The Morgan fingerprint density at radius 1 is 1.07 bits per heavy atom. The number of allylic oxidation sites excluding steroid dienone is 4. The third-order valence-corrected chi connectivity index (χ3v) is 12.0. The number of nitrogens with zero attached hydrogens (tertiary/aromatic N) is 2. The number of hydrogen-bond donors (Lipinski definition) is 3. The zero-order valence-electron chi connectivity index (χ0n) is 39.8. The van der Waals surface area contributed by atoms with E-state index in [4.69, 9.17) is 19.0 Å². The van der Waals surface area contributed by atoms with Gasteiger partial charge in [-0.1, -0.05) is 73.5 Å². The van der Waals surface area contributed by atoms with Gasteiger partial charge in [0, 0.05) is 46.8 Å². The molecule has 0 aromatic rings. The Morgan fingerprint density at radius 3 is 2.05 bits per heavy atom. The van der Waals surface area contributed by atoms with E-state index >= 15 is 0 Å². The zero-order chi connectivity index (χ0) is 46.4. The summed E-state index contributed by atoms with van der Waals surface area (Å²) >= 11 is 0. The summed E-state index contributed by atoms with van der Waals surface area (Å²) in [6, 6.07) is -1.05. The fraction of sp³-hybridized carbons (Fsp3) is 0.804. The standard InChI is InChI=1S/C37H61FN4O6.C5H12O.C3H8.CH3NO/c1-10-24(4)34(41(7)32(45)20-40-36(46)33(39-6)23(2)3)30(47-8)18-31(44)42-22-37(15-16-37)19-29(42)35(48-9)25(5)27(21-43)17-26-13-11-12-14-28(26)38;1-5(2,3)6-4;1-3-2;2-1-3/h11-12,14,21,23-27,29-30,33-35,39H,10,13,15-20,22H2,1-9H3,(H,40,46);1-4H3;3H2,1-2H3;1H,(H2,2,3). The van der Waals surface area contributed by atoms with Crippen LogP contribution >= 0.6 is 0 Å². The van der Waals surface area contributed by atoms with E-state index in [1.165, 1.54) is 12.5 Å². The number of ether oxygens (including phenoxy) is 3. The molecule has 4 N–H and O–H groups in total. The number of aldehydes is 1. The first-order valence-corrected chi connectivity index (χ1v) is 21.9. The van der Waals surface area contributed by atoms with Crippen molar-refractivity contribution in [2.75, 3.05) is 48.5 Å². The number of primary amides is 1. The van der Waals surface area contributed by atoms with Crippen molar-refractivity contribution in [3.8, 4) is 0 Å². The fourth-order valence-corrected chi connectivity index (χ4v) is 7.95. The average Bonchev–Trinajstić information content (AvgIpc) is 3.86. The van der Waals surface area contributed by atoms with E-state index < -0.39 is 30.2 Å². The van der Waals surface area contributed by atoms with Gasteiger partial charge in [0.05, 0.1) is 48.9 Å². The molecule has 348 valence electrons. The van der Waals surface area contributed by atoms with Crippen molar-refractivity contribution in [1.82, 2.24) is 20.4 Å². The predicted octanol–water partition coefficient (Wildman–Crippen LogP) is 6.24. The molecular weight excluding hydrogens is 770 g/mol. The quantitative estimate of drug-likeness (QED) is 0.127. The number of rotatable bonds is 19. The summed E-state index contributed by atoms with van der Waals surface area (Å²) in [5.74, 6) is -1.70. The lowest BCUT2D eigenvalue weighted by Crippen LogP contribution is -2.55. The molecule has 9 unspecified atom stereocenters. The van der Waals surface area contributed by atoms with E-state index in [-0.39, 0.29) is 83.7 Å². The van der Waals surface area contributed by atoms with Crippen LogP contribution in [0.4, 0.5) is 4.39 Å². The van der Waals surface area contributed by atoms with E-state index in [1.54, 1.807) is 46.4 Å². The first kappa shape index (κ1) is 56.8. The largest absolute Gasteiger partial charge is 0.379 e.